The van der Waals surface area contributed by atoms with Crippen LogP contribution in [0.1, 0.15) is 31.5 Å². The Kier molecular flexibility index (Phi) is 6.55. The van der Waals surface area contributed by atoms with Gasteiger partial charge in [-0.25, -0.2) is 13.1 Å². The van der Waals surface area contributed by atoms with Crippen LogP contribution < -0.4 is 11.1 Å². The normalized spacial score (nSPS) is 17.9. The smallest absolute Gasteiger partial charge is 0.193 e. The molecule has 0 spiro atoms. The average Bonchev–Trinajstić information content (AvgIpc) is 3.06. The van der Waals surface area contributed by atoms with Gasteiger partial charge in [-0.05, 0) is 38.8 Å². The Morgan fingerprint density at radius 3 is 2.68 bits per heavy atom. The molecule has 1 saturated heterocycles. The molecule has 0 saturated carbocycles. The zero-order valence-corrected chi connectivity index (χ0v) is 19.0. The molecule has 1 aliphatic rings. The van der Waals surface area contributed by atoms with E-state index in [1.54, 1.807) is 25.6 Å². The second-order valence-electron chi connectivity index (χ2n) is 8.14. The lowest BCUT2D eigenvalue weighted by Crippen LogP contribution is -2.57. The van der Waals surface area contributed by atoms with Gasteiger partial charge < -0.3 is 16.0 Å². The number of anilines is 1. The van der Waals surface area contributed by atoms with Crippen LogP contribution in [0.2, 0.25) is 0 Å². The predicted octanol–water partition coefficient (Wildman–Crippen LogP) is 1.34. The average molecular weight is 444 g/mol. The molecule has 1 aromatic heterocycles. The third-order valence-electron chi connectivity index (χ3n) is 5.53. The molecule has 31 heavy (non-hydrogen) atoms. The molecule has 9 nitrogen and oxygen atoms in total. The quantitative estimate of drug-likeness (QED) is 0.405. The fraction of sp³-hybridized carbons (Fsp3) is 0.476. The first-order valence-corrected chi connectivity index (χ1v) is 11.9. The number of hydrogen-bond acceptors (Lipinski definition) is 6. The van der Waals surface area contributed by atoms with E-state index in [1.165, 1.54) is 0 Å². The molecule has 0 amide bonds. The lowest BCUT2D eigenvalue weighted by molar-refractivity contribution is 0.353. The van der Waals surface area contributed by atoms with Crippen molar-refractivity contribution in [3.05, 3.63) is 41.6 Å². The van der Waals surface area contributed by atoms with Crippen molar-refractivity contribution in [1.29, 1.82) is 5.26 Å². The van der Waals surface area contributed by atoms with Crippen LogP contribution in [0.3, 0.4) is 0 Å². The minimum Gasteiger partial charge on any atom is -0.382 e. The summed E-state index contributed by atoms with van der Waals surface area (Å²) in [6, 6.07) is 11.6. The van der Waals surface area contributed by atoms with Crippen LogP contribution in [0.4, 0.5) is 5.82 Å². The van der Waals surface area contributed by atoms with Crippen LogP contribution in [-0.2, 0) is 16.3 Å². The van der Waals surface area contributed by atoms with Gasteiger partial charge >= 0.3 is 0 Å². The number of nitrogens with one attached hydrogen (secondary N) is 1. The molecular formula is C21H29N7O2S. The van der Waals surface area contributed by atoms with Crippen molar-refractivity contribution < 1.29 is 8.42 Å². The molecule has 0 atom stereocenters. The first-order chi connectivity index (χ1) is 14.7. The van der Waals surface area contributed by atoms with Crippen molar-refractivity contribution in [2.24, 2.45) is 4.99 Å². The number of nitrogens with zero attached hydrogens (tertiary/aromatic N) is 5. The Labute approximate surface area is 183 Å². The Morgan fingerprint density at radius 1 is 1.35 bits per heavy atom. The molecule has 3 N–H and O–H groups in total. The standard InChI is InChI=1S/C21H29N7O2S/c1-21(2)15-27(12-13-31(21,29)30)20(24-3)25-11-7-10-18-17(14-22)19(23)28(26-18)16-8-5-4-6-9-16/h4-6,8-9H,7,10-13,15,23H2,1-3H3,(H,24,25). The number of nitrogen functional groups attached to an aromatic ring is 1. The highest BCUT2D eigenvalue weighted by atomic mass is 32.2. The van der Waals surface area contributed by atoms with E-state index in [-0.39, 0.29) is 5.75 Å². The summed E-state index contributed by atoms with van der Waals surface area (Å²) in [6.45, 7) is 4.92. The van der Waals surface area contributed by atoms with Gasteiger partial charge in [0.15, 0.2) is 15.8 Å². The van der Waals surface area contributed by atoms with E-state index in [0.717, 1.165) is 5.69 Å². The van der Waals surface area contributed by atoms with Gasteiger partial charge in [0, 0.05) is 26.7 Å². The van der Waals surface area contributed by atoms with Crippen LogP contribution >= 0.6 is 0 Å². The van der Waals surface area contributed by atoms with E-state index >= 15 is 0 Å². The highest BCUT2D eigenvalue weighted by Gasteiger charge is 2.40. The highest BCUT2D eigenvalue weighted by molar-refractivity contribution is 7.92. The number of aliphatic imine (C=N–C) groups is 1. The number of benzene rings is 1. The minimum absolute atomic E-state index is 0.114. The molecule has 0 unspecified atom stereocenters. The fourth-order valence-electron chi connectivity index (χ4n) is 3.65. The molecule has 2 aromatic rings. The number of guanidine groups is 1. The molecule has 0 radical (unpaired) electrons. The summed E-state index contributed by atoms with van der Waals surface area (Å²) < 4.78 is 25.3. The third-order valence-corrected chi connectivity index (χ3v) is 8.07. The van der Waals surface area contributed by atoms with Crippen LogP contribution in [0.25, 0.3) is 5.69 Å². The second kappa shape index (κ2) is 8.98. The van der Waals surface area contributed by atoms with Gasteiger partial charge in [0.1, 0.15) is 17.5 Å². The number of aryl methyl sites for hydroxylation is 1. The van der Waals surface area contributed by atoms with Crippen molar-refractivity contribution in [1.82, 2.24) is 20.0 Å². The van der Waals surface area contributed by atoms with Crippen molar-refractivity contribution in [3.8, 4) is 11.8 Å². The second-order valence-corrected chi connectivity index (χ2v) is 10.9. The minimum atomic E-state index is -3.11. The lowest BCUT2D eigenvalue weighted by Gasteiger charge is -2.39. The Hall–Kier alpha value is -3.06. The first kappa shape index (κ1) is 22.6. The molecule has 10 heteroatoms. The fourth-order valence-corrected chi connectivity index (χ4v) is 5.02. The van der Waals surface area contributed by atoms with Gasteiger partial charge in [0.25, 0.3) is 0 Å². The summed E-state index contributed by atoms with van der Waals surface area (Å²) in [4.78, 5) is 6.28. The lowest BCUT2D eigenvalue weighted by atomic mass is 10.1. The summed E-state index contributed by atoms with van der Waals surface area (Å²) in [5.74, 6) is 1.13. The van der Waals surface area contributed by atoms with Gasteiger partial charge in [0.05, 0.1) is 21.9 Å². The molecule has 2 heterocycles. The first-order valence-electron chi connectivity index (χ1n) is 10.2. The maximum atomic E-state index is 12.2. The largest absolute Gasteiger partial charge is 0.382 e. The Balaban J connectivity index is 1.61. The van der Waals surface area contributed by atoms with Crippen molar-refractivity contribution in [2.45, 2.75) is 31.4 Å². The molecular weight excluding hydrogens is 414 g/mol. The molecule has 0 bridgehead atoms. The molecule has 1 aliphatic heterocycles. The molecule has 1 fully saturated rings. The molecule has 0 aliphatic carbocycles. The van der Waals surface area contributed by atoms with Gasteiger partial charge in [-0.1, -0.05) is 18.2 Å². The van der Waals surface area contributed by atoms with E-state index < -0.39 is 14.6 Å². The van der Waals surface area contributed by atoms with E-state index in [4.69, 9.17) is 5.73 Å². The third kappa shape index (κ3) is 4.66. The monoisotopic (exact) mass is 443 g/mol. The van der Waals surface area contributed by atoms with Crippen molar-refractivity contribution >= 4 is 21.6 Å². The van der Waals surface area contributed by atoms with E-state index in [0.29, 0.717) is 55.5 Å². The van der Waals surface area contributed by atoms with E-state index in [1.807, 2.05) is 35.2 Å². The number of nitriles is 1. The predicted molar refractivity (Wildman–Crippen MR) is 122 cm³/mol. The zero-order chi connectivity index (χ0) is 22.6. The van der Waals surface area contributed by atoms with E-state index in [2.05, 4.69) is 21.5 Å². The van der Waals surface area contributed by atoms with Crippen LogP contribution in [-0.4, -0.2) is 66.2 Å². The topological polar surface area (TPSA) is 129 Å². The molecule has 1 aromatic carbocycles. The number of rotatable bonds is 5. The zero-order valence-electron chi connectivity index (χ0n) is 18.2. The van der Waals surface area contributed by atoms with Gasteiger partial charge in [-0.2, -0.15) is 10.4 Å². The number of sulfone groups is 1. The van der Waals surface area contributed by atoms with Gasteiger partial charge in [0.2, 0.25) is 0 Å². The number of nitrogens with two attached hydrogens (primary N) is 1. The summed E-state index contributed by atoms with van der Waals surface area (Å²) in [7, 11) is -1.42. The van der Waals surface area contributed by atoms with Crippen LogP contribution in [0.15, 0.2) is 35.3 Å². The maximum absolute atomic E-state index is 12.2. The molecule has 166 valence electrons. The van der Waals surface area contributed by atoms with Crippen LogP contribution in [0.5, 0.6) is 0 Å². The number of para-hydroxylation sites is 1. The Morgan fingerprint density at radius 2 is 2.06 bits per heavy atom. The summed E-state index contributed by atoms with van der Waals surface area (Å²) >= 11 is 0. The van der Waals surface area contributed by atoms with Crippen LogP contribution in [0, 0.1) is 11.3 Å². The number of aromatic nitrogens is 2. The van der Waals surface area contributed by atoms with Crippen molar-refractivity contribution in [3.63, 3.8) is 0 Å². The van der Waals surface area contributed by atoms with Crippen molar-refractivity contribution in [2.75, 3.05) is 38.2 Å². The SMILES string of the molecule is CN=C(NCCCc1nn(-c2ccccc2)c(N)c1C#N)N1CCS(=O)(=O)C(C)(C)C1. The highest BCUT2D eigenvalue weighted by Crippen LogP contribution is 2.24. The summed E-state index contributed by atoms with van der Waals surface area (Å²) in [5, 5.41) is 17.4. The molecule has 3 rings (SSSR count). The Bertz CT molecular complexity index is 1100. The summed E-state index contributed by atoms with van der Waals surface area (Å²) in [5.41, 5.74) is 8.02. The maximum Gasteiger partial charge on any atom is 0.193 e. The van der Waals surface area contributed by atoms with Gasteiger partial charge in [-0.15, -0.1) is 0 Å². The van der Waals surface area contributed by atoms with E-state index in [9.17, 15) is 13.7 Å². The number of hydrogen-bond donors (Lipinski definition) is 2. The summed E-state index contributed by atoms with van der Waals surface area (Å²) in [6.07, 6.45) is 1.30. The van der Waals surface area contributed by atoms with Gasteiger partial charge in [-0.3, -0.25) is 4.99 Å².